The maximum Gasteiger partial charge on any atom is 0.126 e. The highest BCUT2D eigenvalue weighted by molar-refractivity contribution is 5.59. The summed E-state index contributed by atoms with van der Waals surface area (Å²) in [4.78, 5) is 0. The van der Waals surface area contributed by atoms with Gasteiger partial charge in [-0.3, -0.25) is 0 Å². The molecule has 7 rings (SSSR count). The highest BCUT2D eigenvalue weighted by Crippen LogP contribution is 2.44. The third kappa shape index (κ3) is 10.5. The summed E-state index contributed by atoms with van der Waals surface area (Å²) in [6.07, 6.45) is 1.50. The van der Waals surface area contributed by atoms with Gasteiger partial charge in [0, 0.05) is 25.7 Å². The van der Waals surface area contributed by atoms with Crippen LogP contribution in [0, 0.1) is 11.6 Å². The molecular weight excluding hydrogens is 799 g/mol. The van der Waals surface area contributed by atoms with Gasteiger partial charge >= 0.3 is 0 Å². The molecule has 1 aliphatic carbocycles. The molecule has 336 valence electrons. The van der Waals surface area contributed by atoms with E-state index in [9.17, 15) is 19.0 Å². The summed E-state index contributed by atoms with van der Waals surface area (Å²) in [5.74, 6) is 1.19. The average molecular weight is 865 g/mol. The fourth-order valence-electron chi connectivity index (χ4n) is 8.49. The zero-order valence-corrected chi connectivity index (χ0v) is 39.9. The van der Waals surface area contributed by atoms with Gasteiger partial charge in [0.05, 0.1) is 0 Å². The van der Waals surface area contributed by atoms with Crippen LogP contribution < -0.4 is 9.47 Å². The quantitative estimate of drug-likeness (QED) is 0.175. The standard InChI is InChI=1S/C58H66F2O4/c1-55(2,3)45-25-37-21-41-29-47(57(7,8)9)31-43(53(41)63-33-35-13-17-49(59)18-14-35)23-39-27-46(56(4,5)6)28-40(52(39)62)24-44-32-48(58(10,11)12)30-42(22-38(26-45)51(37)61)54(44)64-34-36-15-19-50(60)20-16-36/h13-20,25-32,61-62H,21-24,33-34H2,1-12H3. The van der Waals surface area contributed by atoms with Crippen LogP contribution in [0.1, 0.15) is 161 Å². The largest absolute Gasteiger partial charge is 0.507 e. The molecular formula is C58H66F2O4. The van der Waals surface area contributed by atoms with E-state index in [4.69, 9.17) is 9.47 Å². The van der Waals surface area contributed by atoms with Crippen LogP contribution in [0.3, 0.4) is 0 Å². The smallest absolute Gasteiger partial charge is 0.126 e. The lowest BCUT2D eigenvalue weighted by Gasteiger charge is -2.28. The van der Waals surface area contributed by atoms with Crippen LogP contribution in [0.2, 0.25) is 0 Å². The van der Waals surface area contributed by atoms with E-state index in [2.05, 4.69) is 132 Å². The molecule has 0 atom stereocenters. The molecule has 4 nitrogen and oxygen atoms in total. The van der Waals surface area contributed by atoms with Gasteiger partial charge < -0.3 is 19.7 Å². The number of hydrogen-bond donors (Lipinski definition) is 2. The Hall–Kier alpha value is -5.62. The topological polar surface area (TPSA) is 58.9 Å². The van der Waals surface area contributed by atoms with Gasteiger partial charge in [0.1, 0.15) is 47.8 Å². The van der Waals surface area contributed by atoms with Crippen molar-refractivity contribution in [2.75, 3.05) is 0 Å². The summed E-state index contributed by atoms with van der Waals surface area (Å²) in [6, 6.07) is 30.1. The van der Waals surface area contributed by atoms with Gasteiger partial charge in [-0.15, -0.1) is 0 Å². The number of phenols is 2. The summed E-state index contributed by atoms with van der Waals surface area (Å²) in [5.41, 5.74) is 11.8. The molecule has 0 heterocycles. The second-order valence-corrected chi connectivity index (χ2v) is 22.1. The Labute approximate surface area is 380 Å². The summed E-state index contributed by atoms with van der Waals surface area (Å²) in [7, 11) is 0. The van der Waals surface area contributed by atoms with Crippen molar-refractivity contribution in [3.63, 3.8) is 0 Å². The number of hydrogen-bond acceptors (Lipinski definition) is 4. The van der Waals surface area contributed by atoms with E-state index in [1.165, 1.54) is 24.3 Å². The molecule has 0 amide bonds. The lowest BCUT2D eigenvalue weighted by molar-refractivity contribution is 0.299. The van der Waals surface area contributed by atoms with E-state index >= 15 is 0 Å². The molecule has 2 N–H and O–H groups in total. The van der Waals surface area contributed by atoms with Crippen LogP contribution in [-0.2, 0) is 60.6 Å². The minimum Gasteiger partial charge on any atom is -0.507 e. The maximum atomic E-state index is 14.1. The van der Waals surface area contributed by atoms with E-state index in [1.807, 2.05) is 0 Å². The van der Waals surface area contributed by atoms with Crippen LogP contribution in [0.25, 0.3) is 0 Å². The monoisotopic (exact) mass is 864 g/mol. The molecule has 6 aromatic carbocycles. The third-order valence-electron chi connectivity index (χ3n) is 12.6. The van der Waals surface area contributed by atoms with Crippen molar-refractivity contribution in [2.45, 2.75) is 144 Å². The first-order chi connectivity index (χ1) is 29.8. The molecule has 0 unspecified atom stereocenters. The minimum atomic E-state index is -0.310. The van der Waals surface area contributed by atoms with Gasteiger partial charge in [0.2, 0.25) is 0 Å². The second kappa shape index (κ2) is 17.4. The maximum absolute atomic E-state index is 14.1. The Morgan fingerprint density at radius 2 is 0.594 bits per heavy atom. The van der Waals surface area contributed by atoms with E-state index in [0.717, 1.165) is 77.9 Å². The Morgan fingerprint density at radius 3 is 0.812 bits per heavy atom. The van der Waals surface area contributed by atoms with Crippen molar-refractivity contribution in [1.29, 1.82) is 0 Å². The van der Waals surface area contributed by atoms with E-state index in [1.54, 1.807) is 24.3 Å². The SMILES string of the molecule is CC(C)(C)c1cc2c(O)c(c1)Cc1cc(C(C)(C)C)cc(c1OCc1ccc(F)cc1)Cc1cc(C(C)(C)C)cc(c1O)Cc1cc(C(C)(C)C)cc(c1OCc1ccc(F)cc1)C2. The summed E-state index contributed by atoms with van der Waals surface area (Å²) < 4.78 is 41.8. The fraction of sp³-hybridized carbons (Fsp3) is 0.379. The minimum absolute atomic E-state index is 0.207. The zero-order valence-electron chi connectivity index (χ0n) is 39.9. The van der Waals surface area contributed by atoms with Gasteiger partial charge in [0.15, 0.2) is 0 Å². The van der Waals surface area contributed by atoms with Crippen molar-refractivity contribution in [3.8, 4) is 23.0 Å². The first-order valence-electron chi connectivity index (χ1n) is 22.6. The third-order valence-corrected chi connectivity index (χ3v) is 12.6. The van der Waals surface area contributed by atoms with Crippen molar-refractivity contribution in [3.05, 3.63) is 187 Å². The van der Waals surface area contributed by atoms with Crippen LogP contribution in [-0.4, -0.2) is 10.2 Å². The van der Waals surface area contributed by atoms with Gasteiger partial charge in [-0.25, -0.2) is 8.78 Å². The molecule has 6 aromatic rings. The highest BCUT2D eigenvalue weighted by atomic mass is 19.1. The van der Waals surface area contributed by atoms with Gasteiger partial charge in [-0.05, 0) is 124 Å². The Balaban J connectivity index is 1.54. The van der Waals surface area contributed by atoms with Crippen LogP contribution in [0.4, 0.5) is 8.78 Å². The van der Waals surface area contributed by atoms with E-state index < -0.39 is 0 Å². The zero-order chi connectivity index (χ0) is 46.5. The van der Waals surface area contributed by atoms with Gasteiger partial charge in [-0.1, -0.05) is 156 Å². The molecule has 0 saturated carbocycles. The number of fused-ring (bicyclic) bond motifs is 8. The van der Waals surface area contributed by atoms with Gasteiger partial charge in [0.25, 0.3) is 0 Å². The molecule has 0 aromatic heterocycles. The number of phenolic OH excluding ortho intramolecular Hbond substituents is 2. The molecule has 0 fully saturated rings. The first-order valence-corrected chi connectivity index (χ1v) is 22.6. The molecule has 64 heavy (non-hydrogen) atoms. The second-order valence-electron chi connectivity index (χ2n) is 22.1. The summed E-state index contributed by atoms with van der Waals surface area (Å²) in [6.45, 7) is 26.7. The van der Waals surface area contributed by atoms with Crippen LogP contribution in [0.15, 0.2) is 97.1 Å². The average Bonchev–Trinajstić information content (AvgIpc) is 3.19. The van der Waals surface area contributed by atoms with Crippen LogP contribution in [0.5, 0.6) is 23.0 Å². The van der Waals surface area contributed by atoms with E-state index in [0.29, 0.717) is 37.2 Å². The number of aromatic hydroxyl groups is 2. The Kier molecular flexibility index (Phi) is 12.6. The molecule has 6 heteroatoms. The molecule has 0 saturated heterocycles. The highest BCUT2D eigenvalue weighted by Gasteiger charge is 2.29. The number of halogens is 2. The molecule has 1 aliphatic rings. The van der Waals surface area contributed by atoms with Crippen LogP contribution >= 0.6 is 0 Å². The van der Waals surface area contributed by atoms with Gasteiger partial charge in [-0.2, -0.15) is 0 Å². The predicted molar refractivity (Wildman–Crippen MR) is 257 cm³/mol. The lowest BCUT2D eigenvalue weighted by atomic mass is 9.79. The van der Waals surface area contributed by atoms with Crippen molar-refractivity contribution >= 4 is 0 Å². The number of rotatable bonds is 6. The molecule has 0 radical (unpaired) electrons. The van der Waals surface area contributed by atoms with Crippen molar-refractivity contribution < 1.29 is 28.5 Å². The molecule has 0 spiro atoms. The molecule has 8 bridgehead atoms. The first kappa shape index (κ1) is 46.4. The normalized spacial score (nSPS) is 13.5. The Morgan fingerprint density at radius 1 is 0.375 bits per heavy atom. The van der Waals surface area contributed by atoms with Crippen molar-refractivity contribution in [2.24, 2.45) is 0 Å². The number of ether oxygens (including phenoxy) is 2. The predicted octanol–water partition coefficient (Wildman–Crippen LogP) is 14.4. The summed E-state index contributed by atoms with van der Waals surface area (Å²) in [5, 5.41) is 25.2. The van der Waals surface area contributed by atoms with E-state index in [-0.39, 0.29) is 58.0 Å². The fourth-order valence-corrected chi connectivity index (χ4v) is 8.49. The summed E-state index contributed by atoms with van der Waals surface area (Å²) >= 11 is 0. The van der Waals surface area contributed by atoms with Crippen molar-refractivity contribution in [1.82, 2.24) is 0 Å². The Bertz CT molecular complexity index is 2380. The number of benzene rings is 6. The lowest BCUT2D eigenvalue weighted by Crippen LogP contribution is -2.16. The molecule has 0 aliphatic heterocycles.